The summed E-state index contributed by atoms with van der Waals surface area (Å²) in [5.41, 5.74) is -1.62. The zero-order valence-corrected chi connectivity index (χ0v) is 12.8. The first-order valence-corrected chi connectivity index (χ1v) is 7.53. The molecule has 1 aliphatic rings. The number of carbonyl (C=O) groups excluding carboxylic acids is 1. The predicted octanol–water partition coefficient (Wildman–Crippen LogP) is 1.43. The fraction of sp³-hybridized carbons (Fsp3) is 0.615. The van der Waals surface area contributed by atoms with E-state index in [0.29, 0.717) is 5.57 Å². The minimum Gasteiger partial charge on any atom is -0.381 e. The molecule has 1 aliphatic carbocycles. The largest absolute Gasteiger partial charge is 0.397 e. The highest BCUT2D eigenvalue weighted by atomic mass is 32.3. The van der Waals surface area contributed by atoms with E-state index >= 15 is 0 Å². The third-order valence-electron chi connectivity index (χ3n) is 3.51. The fourth-order valence-electron chi connectivity index (χ4n) is 2.36. The topological polar surface area (TPSA) is 101 Å². The minimum absolute atomic E-state index is 0.0622. The molecule has 0 aliphatic heterocycles. The summed E-state index contributed by atoms with van der Waals surface area (Å²) in [5.74, 6) is -0.0622. The van der Waals surface area contributed by atoms with Crippen LogP contribution in [0.2, 0.25) is 0 Å². The molecule has 2 unspecified atom stereocenters. The number of hydrogen-bond donors (Lipinski definition) is 2. The number of rotatable bonds is 4. The monoisotopic (exact) mass is 304 g/mol. The molecule has 0 fully saturated rings. The third-order valence-corrected chi connectivity index (χ3v) is 4.06. The molecule has 2 atom stereocenters. The summed E-state index contributed by atoms with van der Waals surface area (Å²) in [6, 6.07) is 0. The van der Waals surface area contributed by atoms with Crippen LogP contribution in [0.5, 0.6) is 0 Å². The molecule has 114 valence electrons. The normalized spacial score (nSPS) is 28.5. The summed E-state index contributed by atoms with van der Waals surface area (Å²) in [6.45, 7) is 6.55. The van der Waals surface area contributed by atoms with Crippen LogP contribution in [0.1, 0.15) is 34.1 Å². The van der Waals surface area contributed by atoms with Crippen LogP contribution in [0.3, 0.4) is 0 Å². The van der Waals surface area contributed by atoms with Crippen molar-refractivity contribution in [3.63, 3.8) is 0 Å². The molecule has 0 radical (unpaired) electrons. The molecule has 0 saturated heterocycles. The molecule has 2 N–H and O–H groups in total. The zero-order chi connectivity index (χ0) is 15.8. The van der Waals surface area contributed by atoms with Gasteiger partial charge in [0.15, 0.2) is 5.78 Å². The van der Waals surface area contributed by atoms with Crippen LogP contribution >= 0.6 is 0 Å². The van der Waals surface area contributed by atoms with Crippen molar-refractivity contribution < 1.29 is 27.1 Å². The lowest BCUT2D eigenvalue weighted by molar-refractivity contribution is -0.121. The number of aliphatic hydroxyl groups is 1. The van der Waals surface area contributed by atoms with Gasteiger partial charge in [0.1, 0.15) is 5.60 Å². The molecular formula is C13H20O6S. The maximum Gasteiger partial charge on any atom is 0.397 e. The Labute approximate surface area is 119 Å². The Balaban J connectivity index is 3.04. The van der Waals surface area contributed by atoms with E-state index in [4.69, 9.17) is 4.55 Å². The van der Waals surface area contributed by atoms with Gasteiger partial charge in [-0.3, -0.25) is 9.35 Å². The SMILES string of the molecule is CC1=CC(=O)CC(C)(C)C1(O)/C=C/C(C)OS(=O)(=O)O. The van der Waals surface area contributed by atoms with E-state index in [1.165, 1.54) is 25.2 Å². The Morgan fingerprint density at radius 3 is 2.45 bits per heavy atom. The summed E-state index contributed by atoms with van der Waals surface area (Å²) < 4.78 is 34.1. The number of carbonyl (C=O) groups is 1. The Kier molecular flexibility index (Phi) is 4.60. The summed E-state index contributed by atoms with van der Waals surface area (Å²) >= 11 is 0. The van der Waals surface area contributed by atoms with Gasteiger partial charge < -0.3 is 5.11 Å². The first kappa shape index (κ1) is 17.0. The van der Waals surface area contributed by atoms with Crippen molar-refractivity contribution >= 4 is 16.2 Å². The highest BCUT2D eigenvalue weighted by molar-refractivity contribution is 7.80. The van der Waals surface area contributed by atoms with Crippen molar-refractivity contribution in [2.75, 3.05) is 0 Å². The van der Waals surface area contributed by atoms with Crippen LogP contribution in [-0.2, 0) is 19.4 Å². The van der Waals surface area contributed by atoms with Gasteiger partial charge in [-0.05, 0) is 31.6 Å². The predicted molar refractivity (Wildman–Crippen MR) is 73.3 cm³/mol. The van der Waals surface area contributed by atoms with E-state index in [2.05, 4.69) is 4.18 Å². The van der Waals surface area contributed by atoms with Gasteiger partial charge in [0.25, 0.3) is 0 Å². The second-order valence-corrected chi connectivity index (χ2v) is 6.76. The molecule has 20 heavy (non-hydrogen) atoms. The van der Waals surface area contributed by atoms with Crippen molar-refractivity contribution in [2.45, 2.75) is 45.8 Å². The number of allylic oxidation sites excluding steroid dienone is 1. The quantitative estimate of drug-likeness (QED) is 0.602. The van der Waals surface area contributed by atoms with E-state index in [1.807, 2.05) is 0 Å². The van der Waals surface area contributed by atoms with Gasteiger partial charge >= 0.3 is 10.4 Å². The molecule has 0 aromatic rings. The van der Waals surface area contributed by atoms with Gasteiger partial charge in [0, 0.05) is 11.8 Å². The van der Waals surface area contributed by atoms with Gasteiger partial charge in [-0.25, -0.2) is 4.18 Å². The molecule has 0 aromatic heterocycles. The van der Waals surface area contributed by atoms with Gasteiger partial charge in [-0.15, -0.1) is 0 Å². The Morgan fingerprint density at radius 2 is 2.00 bits per heavy atom. The summed E-state index contributed by atoms with van der Waals surface area (Å²) in [4.78, 5) is 11.6. The van der Waals surface area contributed by atoms with E-state index in [1.54, 1.807) is 20.8 Å². The maximum absolute atomic E-state index is 11.6. The molecule has 6 nitrogen and oxygen atoms in total. The van der Waals surface area contributed by atoms with Gasteiger partial charge in [0.2, 0.25) is 0 Å². The molecular weight excluding hydrogens is 284 g/mol. The second kappa shape index (κ2) is 5.40. The second-order valence-electron chi connectivity index (χ2n) is 5.71. The fourth-order valence-corrected chi connectivity index (χ4v) is 2.81. The molecule has 0 aromatic carbocycles. The van der Waals surface area contributed by atoms with E-state index < -0.39 is 27.5 Å². The number of hydrogen-bond acceptors (Lipinski definition) is 5. The molecule has 7 heteroatoms. The van der Waals surface area contributed by atoms with Crippen LogP contribution in [0.4, 0.5) is 0 Å². The summed E-state index contributed by atoms with van der Waals surface area (Å²) in [7, 11) is -4.55. The highest BCUT2D eigenvalue weighted by Gasteiger charge is 2.46. The zero-order valence-electron chi connectivity index (χ0n) is 12.0. The van der Waals surface area contributed by atoms with E-state index in [0.717, 1.165) is 0 Å². The highest BCUT2D eigenvalue weighted by Crippen LogP contribution is 2.44. The molecule has 0 amide bonds. The van der Waals surface area contributed by atoms with Crippen LogP contribution in [-0.4, -0.2) is 35.6 Å². The lowest BCUT2D eigenvalue weighted by atomic mass is 9.64. The number of ketones is 1. The maximum atomic E-state index is 11.6. The Bertz CT molecular complexity index is 557. The Hall–Kier alpha value is -1.02. The summed E-state index contributed by atoms with van der Waals surface area (Å²) in [5, 5.41) is 10.8. The molecule has 0 saturated carbocycles. The van der Waals surface area contributed by atoms with Crippen LogP contribution in [0, 0.1) is 5.41 Å². The molecule has 1 rings (SSSR count). The lowest BCUT2D eigenvalue weighted by Crippen LogP contribution is -2.48. The van der Waals surface area contributed by atoms with Crippen LogP contribution in [0.15, 0.2) is 23.8 Å². The van der Waals surface area contributed by atoms with Crippen molar-refractivity contribution in [3.8, 4) is 0 Å². The van der Waals surface area contributed by atoms with E-state index in [9.17, 15) is 18.3 Å². The Morgan fingerprint density at radius 1 is 1.45 bits per heavy atom. The van der Waals surface area contributed by atoms with Crippen molar-refractivity contribution in [3.05, 3.63) is 23.8 Å². The minimum atomic E-state index is -4.55. The smallest absolute Gasteiger partial charge is 0.381 e. The van der Waals surface area contributed by atoms with Crippen LogP contribution < -0.4 is 0 Å². The first-order chi connectivity index (χ1) is 8.87. The first-order valence-electron chi connectivity index (χ1n) is 6.16. The van der Waals surface area contributed by atoms with Crippen LogP contribution in [0.25, 0.3) is 0 Å². The average molecular weight is 304 g/mol. The molecule has 0 bridgehead atoms. The third kappa shape index (κ3) is 3.76. The molecule has 0 heterocycles. The van der Waals surface area contributed by atoms with Gasteiger partial charge in [-0.2, -0.15) is 8.42 Å². The lowest BCUT2D eigenvalue weighted by Gasteiger charge is -2.44. The standard InChI is InChI=1S/C13H20O6S/c1-9-7-11(14)8-12(3,4)13(9,15)6-5-10(2)19-20(16,17)18/h5-7,10,15H,8H2,1-4H3,(H,16,17,18)/b6-5+. The molecule has 0 spiro atoms. The van der Waals surface area contributed by atoms with Crippen molar-refractivity contribution in [1.29, 1.82) is 0 Å². The van der Waals surface area contributed by atoms with Crippen molar-refractivity contribution in [1.82, 2.24) is 0 Å². The van der Waals surface area contributed by atoms with Gasteiger partial charge in [-0.1, -0.05) is 19.9 Å². The van der Waals surface area contributed by atoms with E-state index in [-0.39, 0.29) is 12.2 Å². The van der Waals surface area contributed by atoms with Gasteiger partial charge in [0.05, 0.1) is 6.10 Å². The summed E-state index contributed by atoms with van der Waals surface area (Å²) in [6.07, 6.45) is 3.36. The van der Waals surface area contributed by atoms with Crippen molar-refractivity contribution in [2.24, 2.45) is 5.41 Å². The average Bonchev–Trinajstić information content (AvgIpc) is 2.20.